The van der Waals surface area contributed by atoms with Gasteiger partial charge in [-0.15, -0.1) is 0 Å². The smallest absolute Gasteiger partial charge is 0.229 e. The molecule has 3 aliphatic heterocycles. The highest BCUT2D eigenvalue weighted by molar-refractivity contribution is 5.80. The van der Waals surface area contributed by atoms with Gasteiger partial charge in [0.15, 0.2) is 0 Å². The fourth-order valence-electron chi connectivity index (χ4n) is 4.61. The Hall–Kier alpha value is -2.60. The molecule has 5 nitrogen and oxygen atoms in total. The van der Waals surface area contributed by atoms with Crippen molar-refractivity contribution in [2.24, 2.45) is 5.92 Å². The van der Waals surface area contributed by atoms with Crippen LogP contribution in [0, 0.1) is 11.7 Å². The zero-order valence-corrected chi connectivity index (χ0v) is 16.5. The first-order chi connectivity index (χ1) is 14.2. The number of carbonyl (C=O) groups is 1. The lowest BCUT2D eigenvalue weighted by atomic mass is 9.93. The predicted octanol–water partition coefficient (Wildman–Crippen LogP) is 2.41. The van der Waals surface area contributed by atoms with Gasteiger partial charge in [-0.3, -0.25) is 9.69 Å². The number of likely N-dealkylation sites (tertiary alicyclic amines) is 1. The summed E-state index contributed by atoms with van der Waals surface area (Å²) < 4.78 is 18.9. The Labute approximate surface area is 170 Å². The molecule has 6 heteroatoms. The largest absolute Gasteiger partial charge is 0.492 e. The summed E-state index contributed by atoms with van der Waals surface area (Å²) in [5, 5.41) is 0. The van der Waals surface area contributed by atoms with Crippen molar-refractivity contribution in [2.45, 2.75) is 12.5 Å². The number of rotatable bonds is 3. The molecule has 1 unspecified atom stereocenters. The van der Waals surface area contributed by atoms with E-state index in [9.17, 15) is 9.18 Å². The number of para-hydroxylation sites is 1. The number of anilines is 1. The second-order valence-corrected chi connectivity index (χ2v) is 8.22. The zero-order chi connectivity index (χ0) is 19.8. The molecule has 1 amide bonds. The van der Waals surface area contributed by atoms with Crippen LogP contribution in [0.15, 0.2) is 48.5 Å². The quantitative estimate of drug-likeness (QED) is 0.800. The van der Waals surface area contributed by atoms with Crippen molar-refractivity contribution in [1.29, 1.82) is 0 Å². The molecule has 2 aromatic carbocycles. The molecule has 29 heavy (non-hydrogen) atoms. The first-order valence-corrected chi connectivity index (χ1v) is 10.4. The molecule has 0 aromatic heterocycles. The highest BCUT2D eigenvalue weighted by Crippen LogP contribution is 2.29. The van der Waals surface area contributed by atoms with Crippen LogP contribution in [0.1, 0.15) is 5.56 Å². The van der Waals surface area contributed by atoms with Gasteiger partial charge in [0.05, 0.1) is 5.92 Å². The summed E-state index contributed by atoms with van der Waals surface area (Å²) in [6, 6.07) is 15.2. The maximum atomic E-state index is 13.1. The van der Waals surface area contributed by atoms with E-state index in [0.717, 1.165) is 62.7 Å². The molecule has 0 radical (unpaired) electrons. The average Bonchev–Trinajstić information content (AvgIpc) is 2.73. The van der Waals surface area contributed by atoms with E-state index in [2.05, 4.69) is 9.80 Å². The highest BCUT2D eigenvalue weighted by atomic mass is 19.1. The van der Waals surface area contributed by atoms with Gasteiger partial charge >= 0.3 is 0 Å². The fourth-order valence-corrected chi connectivity index (χ4v) is 4.61. The van der Waals surface area contributed by atoms with Crippen molar-refractivity contribution in [2.75, 3.05) is 50.8 Å². The first-order valence-electron chi connectivity index (χ1n) is 10.4. The summed E-state index contributed by atoms with van der Waals surface area (Å²) in [7, 11) is 0. The minimum atomic E-state index is -0.196. The highest BCUT2D eigenvalue weighted by Gasteiger charge is 2.39. The molecule has 152 valence electrons. The topological polar surface area (TPSA) is 36.0 Å². The van der Waals surface area contributed by atoms with Crippen LogP contribution in [0.5, 0.6) is 5.75 Å². The number of nitrogens with zero attached hydrogens (tertiary/aromatic N) is 3. The van der Waals surface area contributed by atoms with Crippen molar-refractivity contribution in [1.82, 2.24) is 9.80 Å². The molecule has 1 atom stereocenters. The van der Waals surface area contributed by atoms with E-state index in [1.54, 1.807) is 0 Å². The lowest BCUT2D eigenvalue weighted by Crippen LogP contribution is -2.65. The number of piperazine rings is 1. The Morgan fingerprint density at radius 1 is 0.966 bits per heavy atom. The monoisotopic (exact) mass is 395 g/mol. The Kier molecular flexibility index (Phi) is 4.87. The summed E-state index contributed by atoms with van der Waals surface area (Å²) in [5.74, 6) is 0.873. The van der Waals surface area contributed by atoms with Gasteiger partial charge in [0.2, 0.25) is 5.91 Å². The summed E-state index contributed by atoms with van der Waals surface area (Å²) in [6.07, 6.45) is 0.770. The van der Waals surface area contributed by atoms with Crippen LogP contribution >= 0.6 is 0 Å². The Bertz CT molecular complexity index is 874. The molecular formula is C23H26FN3O2. The van der Waals surface area contributed by atoms with Crippen LogP contribution in [0.4, 0.5) is 10.1 Å². The number of amides is 1. The van der Waals surface area contributed by atoms with Crippen molar-refractivity contribution in [3.63, 3.8) is 0 Å². The van der Waals surface area contributed by atoms with Crippen molar-refractivity contribution >= 4 is 11.6 Å². The van der Waals surface area contributed by atoms with E-state index in [0.29, 0.717) is 12.6 Å². The molecule has 2 aromatic rings. The fraction of sp³-hybridized carbons (Fsp3) is 0.435. The average molecular weight is 395 g/mol. The molecule has 0 saturated carbocycles. The van der Waals surface area contributed by atoms with Crippen LogP contribution in [0.3, 0.4) is 0 Å². The lowest BCUT2D eigenvalue weighted by molar-refractivity contribution is -0.144. The number of carbonyl (C=O) groups excluding carboxylic acids is 1. The minimum Gasteiger partial charge on any atom is -0.492 e. The summed E-state index contributed by atoms with van der Waals surface area (Å²) in [6.45, 7) is 5.93. The zero-order valence-electron chi connectivity index (χ0n) is 16.5. The molecular weight excluding hydrogens is 369 g/mol. The Morgan fingerprint density at radius 2 is 1.69 bits per heavy atom. The third kappa shape index (κ3) is 3.69. The predicted molar refractivity (Wildman–Crippen MR) is 110 cm³/mol. The molecule has 0 aliphatic carbocycles. The van der Waals surface area contributed by atoms with Crippen LogP contribution in [-0.2, 0) is 11.2 Å². The maximum Gasteiger partial charge on any atom is 0.229 e. The van der Waals surface area contributed by atoms with Crippen LogP contribution in [-0.4, -0.2) is 67.6 Å². The van der Waals surface area contributed by atoms with Crippen LogP contribution in [0.2, 0.25) is 0 Å². The van der Waals surface area contributed by atoms with E-state index in [1.165, 1.54) is 12.1 Å². The SMILES string of the molecule is O=C(C1COc2ccccc2C1)N1CC(N2CCN(c3ccc(F)cc3)CC2)C1. The molecule has 3 heterocycles. The maximum absolute atomic E-state index is 13.1. The molecule has 0 spiro atoms. The minimum absolute atomic E-state index is 0.0684. The van der Waals surface area contributed by atoms with Crippen molar-refractivity contribution in [3.05, 3.63) is 59.9 Å². The molecule has 2 saturated heterocycles. The lowest BCUT2D eigenvalue weighted by Gasteiger charge is -2.49. The van der Waals surface area contributed by atoms with Gasteiger partial charge in [-0.05, 0) is 42.3 Å². The van der Waals surface area contributed by atoms with E-state index < -0.39 is 0 Å². The molecule has 0 bridgehead atoms. The number of hydrogen-bond donors (Lipinski definition) is 0. The van der Waals surface area contributed by atoms with Gasteiger partial charge in [0.25, 0.3) is 0 Å². The van der Waals surface area contributed by atoms with Gasteiger partial charge < -0.3 is 14.5 Å². The van der Waals surface area contributed by atoms with Gasteiger partial charge in [0, 0.05) is 51.0 Å². The third-order valence-corrected chi connectivity index (χ3v) is 6.42. The van der Waals surface area contributed by atoms with Gasteiger partial charge in [0.1, 0.15) is 18.2 Å². The summed E-state index contributed by atoms with van der Waals surface area (Å²) in [4.78, 5) is 19.6. The van der Waals surface area contributed by atoms with E-state index >= 15 is 0 Å². The molecule has 3 aliphatic rings. The number of halogens is 1. The van der Waals surface area contributed by atoms with E-state index in [4.69, 9.17) is 4.74 Å². The number of benzene rings is 2. The van der Waals surface area contributed by atoms with Crippen LogP contribution < -0.4 is 9.64 Å². The Balaban J connectivity index is 1.10. The van der Waals surface area contributed by atoms with Gasteiger partial charge in [-0.25, -0.2) is 4.39 Å². The van der Waals surface area contributed by atoms with Crippen molar-refractivity contribution in [3.8, 4) is 5.75 Å². The van der Waals surface area contributed by atoms with Gasteiger partial charge in [-0.1, -0.05) is 18.2 Å². The first kappa shape index (κ1) is 18.4. The van der Waals surface area contributed by atoms with Crippen LogP contribution in [0.25, 0.3) is 0 Å². The van der Waals surface area contributed by atoms with E-state index in [1.807, 2.05) is 41.3 Å². The third-order valence-electron chi connectivity index (χ3n) is 6.42. The number of ether oxygens (including phenoxy) is 1. The number of fused-ring (bicyclic) bond motifs is 1. The second kappa shape index (κ2) is 7.67. The Morgan fingerprint density at radius 3 is 2.45 bits per heavy atom. The molecule has 0 N–H and O–H groups in total. The summed E-state index contributed by atoms with van der Waals surface area (Å²) >= 11 is 0. The normalized spacial score (nSPS) is 22.6. The summed E-state index contributed by atoms with van der Waals surface area (Å²) in [5.41, 5.74) is 2.21. The molecule has 5 rings (SSSR count). The second-order valence-electron chi connectivity index (χ2n) is 8.22. The number of hydrogen-bond acceptors (Lipinski definition) is 4. The molecule has 2 fully saturated rings. The standard InChI is InChI=1S/C23H26FN3O2/c24-19-5-7-20(8-6-19)25-9-11-26(12-10-25)21-14-27(15-21)23(28)18-13-17-3-1-2-4-22(17)29-16-18/h1-8,18,21H,9-16H2. The van der Waals surface area contributed by atoms with Gasteiger partial charge in [-0.2, -0.15) is 0 Å². The van der Waals surface area contributed by atoms with E-state index in [-0.39, 0.29) is 17.6 Å². The van der Waals surface area contributed by atoms with Crippen molar-refractivity contribution < 1.29 is 13.9 Å².